The van der Waals surface area contributed by atoms with E-state index >= 15 is 0 Å². The van der Waals surface area contributed by atoms with E-state index in [1.165, 1.54) is 11.8 Å². The minimum absolute atomic E-state index is 0.0359. The maximum Gasteiger partial charge on any atom is 0.220 e. The molecule has 0 saturated heterocycles. The van der Waals surface area contributed by atoms with Gasteiger partial charge in [-0.15, -0.1) is 0 Å². The number of hydrogen-bond acceptors (Lipinski definition) is 4. The molecule has 2 aromatic rings. The van der Waals surface area contributed by atoms with Gasteiger partial charge in [0.25, 0.3) is 0 Å². The number of nitrogens with one attached hydrogen (secondary N) is 1. The first-order valence-electron chi connectivity index (χ1n) is 7.94. The van der Waals surface area contributed by atoms with E-state index in [4.69, 9.17) is 23.2 Å². The fraction of sp³-hybridized carbons (Fsp3) is 0.389. The Morgan fingerprint density at radius 3 is 2.44 bits per heavy atom. The Kier molecular flexibility index (Phi) is 7.11. The number of carbonyl (C=O) groups is 1. The summed E-state index contributed by atoms with van der Waals surface area (Å²) in [7, 11) is 0. The van der Waals surface area contributed by atoms with Gasteiger partial charge < -0.3 is 5.32 Å². The van der Waals surface area contributed by atoms with E-state index in [-0.39, 0.29) is 11.9 Å². The first kappa shape index (κ1) is 20.0. The topological polar surface area (TPSA) is 54.9 Å². The zero-order valence-corrected chi connectivity index (χ0v) is 17.0. The summed E-state index contributed by atoms with van der Waals surface area (Å²) in [5.41, 5.74) is 3.74. The summed E-state index contributed by atoms with van der Waals surface area (Å²) in [6.07, 6.45) is 2.93. The van der Waals surface area contributed by atoms with Gasteiger partial charge in [0, 0.05) is 27.9 Å². The fourth-order valence-corrected chi connectivity index (χ4v) is 3.67. The van der Waals surface area contributed by atoms with E-state index in [2.05, 4.69) is 15.3 Å². The second kappa shape index (κ2) is 8.88. The molecule has 1 atom stereocenters. The largest absolute Gasteiger partial charge is 0.350 e. The highest BCUT2D eigenvalue weighted by atomic mass is 35.5. The maximum absolute atomic E-state index is 12.3. The van der Waals surface area contributed by atoms with Gasteiger partial charge in [-0.1, -0.05) is 41.0 Å². The smallest absolute Gasteiger partial charge is 0.220 e. The van der Waals surface area contributed by atoms with Gasteiger partial charge in [0.05, 0.1) is 6.04 Å². The molecule has 0 spiro atoms. The average molecular weight is 398 g/mol. The van der Waals surface area contributed by atoms with Crippen LogP contribution in [0.5, 0.6) is 0 Å². The van der Waals surface area contributed by atoms with Crippen molar-refractivity contribution in [2.45, 2.75) is 44.8 Å². The SMILES string of the molecule is CSc1nc(C)c(CCC(=O)NC(C)c2ccc(Cl)cc2Cl)c(C)n1. The normalized spacial score (nSPS) is 12.1. The molecule has 1 unspecified atom stereocenters. The van der Waals surface area contributed by atoms with E-state index in [0.29, 0.717) is 22.9 Å². The molecule has 0 aliphatic rings. The van der Waals surface area contributed by atoms with Gasteiger partial charge in [0.15, 0.2) is 5.16 Å². The lowest BCUT2D eigenvalue weighted by Gasteiger charge is -2.16. The molecule has 1 aromatic carbocycles. The lowest BCUT2D eigenvalue weighted by Crippen LogP contribution is -2.27. The number of benzene rings is 1. The van der Waals surface area contributed by atoms with Gasteiger partial charge in [-0.2, -0.15) is 0 Å². The second-order valence-corrected chi connectivity index (χ2v) is 7.43. The van der Waals surface area contributed by atoms with Crippen molar-refractivity contribution in [3.63, 3.8) is 0 Å². The molecule has 134 valence electrons. The molecule has 0 radical (unpaired) electrons. The molecule has 1 N–H and O–H groups in total. The molecule has 1 aromatic heterocycles. The minimum atomic E-state index is -0.186. The van der Waals surface area contributed by atoms with Crippen LogP contribution in [0.1, 0.15) is 41.9 Å². The summed E-state index contributed by atoms with van der Waals surface area (Å²) in [5.74, 6) is -0.0359. The number of rotatable bonds is 6. The van der Waals surface area contributed by atoms with Crippen LogP contribution in [0.4, 0.5) is 0 Å². The van der Waals surface area contributed by atoms with Crippen LogP contribution >= 0.6 is 35.0 Å². The molecule has 1 amide bonds. The molecule has 0 aliphatic heterocycles. The predicted octanol–water partition coefficient (Wildman–Crippen LogP) is 4.93. The summed E-state index contributed by atoms with van der Waals surface area (Å²) in [5, 5.41) is 4.86. The number of hydrogen-bond donors (Lipinski definition) is 1. The molecule has 2 rings (SSSR count). The van der Waals surface area contributed by atoms with Crippen molar-refractivity contribution in [1.82, 2.24) is 15.3 Å². The average Bonchev–Trinajstić information content (AvgIpc) is 2.53. The standard InChI is InChI=1S/C18H21Cl2N3OS/c1-10-14(11(2)23-18(22-10)25-4)7-8-17(24)21-12(3)15-6-5-13(19)9-16(15)20/h5-6,9,12H,7-8H2,1-4H3,(H,21,24). The number of aryl methyl sites for hydroxylation is 2. The van der Waals surface area contributed by atoms with Crippen molar-refractivity contribution in [2.24, 2.45) is 0 Å². The van der Waals surface area contributed by atoms with Crippen LogP contribution in [0.25, 0.3) is 0 Å². The number of nitrogens with zero attached hydrogens (tertiary/aromatic N) is 2. The summed E-state index contributed by atoms with van der Waals surface area (Å²) in [4.78, 5) is 21.2. The highest BCUT2D eigenvalue weighted by Crippen LogP contribution is 2.26. The van der Waals surface area contributed by atoms with Crippen LogP contribution in [0.15, 0.2) is 23.4 Å². The summed E-state index contributed by atoms with van der Waals surface area (Å²) in [6, 6.07) is 5.09. The Balaban J connectivity index is 1.99. The minimum Gasteiger partial charge on any atom is -0.350 e. The second-order valence-electron chi connectivity index (χ2n) is 5.81. The van der Waals surface area contributed by atoms with Crippen LogP contribution in [-0.4, -0.2) is 22.1 Å². The summed E-state index contributed by atoms with van der Waals surface area (Å²) >= 11 is 13.6. The number of amides is 1. The van der Waals surface area contributed by atoms with Gasteiger partial charge >= 0.3 is 0 Å². The predicted molar refractivity (Wildman–Crippen MR) is 105 cm³/mol. The Morgan fingerprint density at radius 1 is 1.24 bits per heavy atom. The number of thioether (sulfide) groups is 1. The Bertz CT molecular complexity index is 760. The zero-order valence-electron chi connectivity index (χ0n) is 14.7. The lowest BCUT2D eigenvalue weighted by molar-refractivity contribution is -0.121. The zero-order chi connectivity index (χ0) is 18.6. The molecule has 0 fully saturated rings. The fourth-order valence-electron chi connectivity index (χ4n) is 2.64. The third-order valence-corrected chi connectivity index (χ3v) is 5.10. The van der Waals surface area contributed by atoms with E-state index in [1.54, 1.807) is 12.1 Å². The van der Waals surface area contributed by atoms with Crippen LogP contribution in [0.3, 0.4) is 0 Å². The van der Waals surface area contributed by atoms with Crippen LogP contribution in [0.2, 0.25) is 10.0 Å². The van der Waals surface area contributed by atoms with Crippen molar-refractivity contribution >= 4 is 40.9 Å². The van der Waals surface area contributed by atoms with Crippen molar-refractivity contribution in [3.05, 3.63) is 50.8 Å². The monoisotopic (exact) mass is 397 g/mol. The van der Waals surface area contributed by atoms with Crippen LogP contribution in [0, 0.1) is 13.8 Å². The molecule has 1 heterocycles. The van der Waals surface area contributed by atoms with Gasteiger partial charge in [0.1, 0.15) is 0 Å². The molecule has 0 saturated carbocycles. The van der Waals surface area contributed by atoms with Gasteiger partial charge in [-0.05, 0) is 56.7 Å². The maximum atomic E-state index is 12.3. The Hall–Kier alpha value is -1.30. The molecule has 7 heteroatoms. The van der Waals surface area contributed by atoms with Crippen molar-refractivity contribution < 1.29 is 4.79 Å². The quantitative estimate of drug-likeness (QED) is 0.554. The van der Waals surface area contributed by atoms with E-state index in [1.807, 2.05) is 33.1 Å². The number of carbonyl (C=O) groups excluding carboxylic acids is 1. The van der Waals surface area contributed by atoms with Crippen molar-refractivity contribution in [3.8, 4) is 0 Å². The molecule has 4 nitrogen and oxygen atoms in total. The van der Waals surface area contributed by atoms with Crippen molar-refractivity contribution in [1.29, 1.82) is 0 Å². The van der Waals surface area contributed by atoms with Crippen LogP contribution in [-0.2, 0) is 11.2 Å². The molecule has 0 aliphatic carbocycles. The Morgan fingerprint density at radius 2 is 1.88 bits per heavy atom. The molecular formula is C18H21Cl2N3OS. The number of aromatic nitrogens is 2. The van der Waals surface area contributed by atoms with Gasteiger partial charge in [0.2, 0.25) is 5.91 Å². The number of halogens is 2. The third kappa shape index (κ3) is 5.33. The molecule has 0 bridgehead atoms. The van der Waals surface area contributed by atoms with Gasteiger partial charge in [-0.3, -0.25) is 4.79 Å². The molecular weight excluding hydrogens is 377 g/mol. The third-order valence-electron chi connectivity index (χ3n) is 3.99. The summed E-state index contributed by atoms with van der Waals surface area (Å²) < 4.78 is 0. The first-order chi connectivity index (χ1) is 11.8. The van der Waals surface area contributed by atoms with Gasteiger partial charge in [-0.25, -0.2) is 9.97 Å². The molecule has 25 heavy (non-hydrogen) atoms. The Labute approximate surface area is 162 Å². The first-order valence-corrected chi connectivity index (χ1v) is 9.92. The van der Waals surface area contributed by atoms with E-state index in [0.717, 1.165) is 27.7 Å². The lowest BCUT2D eigenvalue weighted by atomic mass is 10.1. The summed E-state index contributed by atoms with van der Waals surface area (Å²) in [6.45, 7) is 5.81. The highest BCUT2D eigenvalue weighted by Gasteiger charge is 2.15. The van der Waals surface area contributed by atoms with E-state index in [9.17, 15) is 4.79 Å². The highest BCUT2D eigenvalue weighted by molar-refractivity contribution is 7.98. The van der Waals surface area contributed by atoms with Crippen LogP contribution < -0.4 is 5.32 Å². The van der Waals surface area contributed by atoms with Crippen molar-refractivity contribution in [2.75, 3.05) is 6.26 Å². The van der Waals surface area contributed by atoms with E-state index < -0.39 is 0 Å².